The molecule has 74 valence electrons. The van der Waals surface area contributed by atoms with E-state index in [1.54, 1.807) is 6.26 Å². The monoisotopic (exact) mass is 183 g/mol. The summed E-state index contributed by atoms with van der Waals surface area (Å²) in [7, 11) is 0. The van der Waals surface area contributed by atoms with E-state index in [1.807, 2.05) is 26.0 Å². The molecule has 0 fully saturated rings. The fraction of sp³-hybridized carbons (Fsp3) is 0.600. The fourth-order valence-corrected chi connectivity index (χ4v) is 1.10. The molecule has 0 saturated carbocycles. The van der Waals surface area contributed by atoms with E-state index in [0.29, 0.717) is 6.54 Å². The van der Waals surface area contributed by atoms with Gasteiger partial charge in [0.25, 0.3) is 0 Å². The van der Waals surface area contributed by atoms with Gasteiger partial charge in [-0.3, -0.25) is 0 Å². The Kier molecular flexibility index (Phi) is 3.99. The molecule has 2 atom stereocenters. The van der Waals surface area contributed by atoms with E-state index in [0.717, 1.165) is 12.2 Å². The minimum atomic E-state index is -0.266. The largest absolute Gasteiger partial charge is 0.468 e. The van der Waals surface area contributed by atoms with E-state index >= 15 is 0 Å². The summed E-state index contributed by atoms with van der Waals surface area (Å²) in [5, 5.41) is 12.5. The Balaban J connectivity index is 2.30. The van der Waals surface area contributed by atoms with Crippen LogP contribution in [0.25, 0.3) is 0 Å². The molecule has 0 bridgehead atoms. The van der Waals surface area contributed by atoms with Gasteiger partial charge in [0.15, 0.2) is 0 Å². The Morgan fingerprint density at radius 2 is 2.38 bits per heavy atom. The van der Waals surface area contributed by atoms with Crippen LogP contribution < -0.4 is 5.32 Å². The van der Waals surface area contributed by atoms with Gasteiger partial charge in [0.05, 0.1) is 18.4 Å². The summed E-state index contributed by atoms with van der Waals surface area (Å²) in [6, 6.07) is 3.95. The second kappa shape index (κ2) is 5.04. The summed E-state index contributed by atoms with van der Waals surface area (Å²) >= 11 is 0. The first-order valence-corrected chi connectivity index (χ1v) is 4.69. The summed E-state index contributed by atoms with van der Waals surface area (Å²) in [4.78, 5) is 0. The van der Waals surface area contributed by atoms with Crippen molar-refractivity contribution in [2.24, 2.45) is 0 Å². The molecule has 1 aromatic rings. The molecule has 3 nitrogen and oxygen atoms in total. The van der Waals surface area contributed by atoms with Crippen molar-refractivity contribution in [3.8, 4) is 0 Å². The summed E-state index contributed by atoms with van der Waals surface area (Å²) in [5.74, 6) is 0.906. The molecule has 0 aromatic carbocycles. The number of hydrogen-bond acceptors (Lipinski definition) is 3. The zero-order chi connectivity index (χ0) is 9.68. The van der Waals surface area contributed by atoms with Crippen LogP contribution >= 0.6 is 0 Å². The van der Waals surface area contributed by atoms with Gasteiger partial charge in [0.2, 0.25) is 0 Å². The molecule has 0 radical (unpaired) electrons. The maximum Gasteiger partial charge on any atom is 0.120 e. The Morgan fingerprint density at radius 3 is 2.92 bits per heavy atom. The van der Waals surface area contributed by atoms with Crippen molar-refractivity contribution in [1.82, 2.24) is 5.32 Å². The lowest BCUT2D eigenvalue weighted by molar-refractivity contribution is 0.162. The Hall–Kier alpha value is -0.800. The molecule has 3 heteroatoms. The molecule has 0 saturated heterocycles. The highest BCUT2D eigenvalue weighted by Gasteiger charge is 2.08. The van der Waals surface area contributed by atoms with Crippen LogP contribution in [-0.2, 0) is 0 Å². The lowest BCUT2D eigenvalue weighted by Gasteiger charge is -2.13. The molecule has 0 amide bonds. The predicted octanol–water partition coefficient (Wildman–Crippen LogP) is 1.70. The van der Waals surface area contributed by atoms with Crippen LogP contribution in [0.5, 0.6) is 0 Å². The Labute approximate surface area is 78.8 Å². The number of nitrogens with one attached hydrogen (secondary N) is 1. The zero-order valence-electron chi connectivity index (χ0n) is 8.16. The van der Waals surface area contributed by atoms with Gasteiger partial charge >= 0.3 is 0 Å². The summed E-state index contributed by atoms with van der Waals surface area (Å²) < 4.78 is 5.22. The third kappa shape index (κ3) is 3.20. The average molecular weight is 183 g/mol. The predicted molar refractivity (Wildman–Crippen MR) is 51.4 cm³/mol. The highest BCUT2D eigenvalue weighted by Crippen LogP contribution is 2.11. The molecular formula is C10H17NO2. The normalized spacial score (nSPS) is 15.6. The number of hydrogen-bond donors (Lipinski definition) is 2. The second-order valence-electron chi connectivity index (χ2n) is 3.21. The number of furan rings is 1. The third-order valence-corrected chi connectivity index (χ3v) is 2.10. The van der Waals surface area contributed by atoms with E-state index < -0.39 is 0 Å². The maximum absolute atomic E-state index is 9.31. The summed E-state index contributed by atoms with van der Waals surface area (Å²) in [5.41, 5.74) is 0. The van der Waals surface area contributed by atoms with Crippen LogP contribution in [0.1, 0.15) is 32.1 Å². The zero-order valence-corrected chi connectivity index (χ0v) is 8.16. The first-order chi connectivity index (χ1) is 6.24. The highest BCUT2D eigenvalue weighted by atomic mass is 16.3. The van der Waals surface area contributed by atoms with Crippen molar-refractivity contribution < 1.29 is 9.52 Å². The molecule has 0 spiro atoms. The van der Waals surface area contributed by atoms with Crippen LogP contribution in [0, 0.1) is 0 Å². The molecule has 0 aliphatic heterocycles. The van der Waals surface area contributed by atoms with Crippen molar-refractivity contribution in [3.63, 3.8) is 0 Å². The van der Waals surface area contributed by atoms with Crippen LogP contribution in [0.4, 0.5) is 0 Å². The van der Waals surface area contributed by atoms with E-state index in [2.05, 4.69) is 5.32 Å². The third-order valence-electron chi connectivity index (χ3n) is 2.10. The second-order valence-corrected chi connectivity index (χ2v) is 3.21. The Morgan fingerprint density at radius 1 is 1.62 bits per heavy atom. The summed E-state index contributed by atoms with van der Waals surface area (Å²) in [6.07, 6.45) is 2.17. The lowest BCUT2D eigenvalue weighted by Crippen LogP contribution is -2.28. The van der Waals surface area contributed by atoms with Gasteiger partial charge in [-0.25, -0.2) is 0 Å². The van der Waals surface area contributed by atoms with Crippen LogP contribution in [-0.4, -0.2) is 17.8 Å². The lowest BCUT2D eigenvalue weighted by atomic mass is 10.2. The number of aliphatic hydroxyl groups excluding tert-OH is 1. The smallest absolute Gasteiger partial charge is 0.120 e. The fourth-order valence-electron chi connectivity index (χ4n) is 1.10. The van der Waals surface area contributed by atoms with Crippen molar-refractivity contribution in [2.75, 3.05) is 6.54 Å². The first kappa shape index (κ1) is 10.3. The molecule has 0 aliphatic carbocycles. The maximum atomic E-state index is 9.31. The minimum absolute atomic E-state index is 0.163. The van der Waals surface area contributed by atoms with Gasteiger partial charge in [-0.1, -0.05) is 6.92 Å². The molecule has 13 heavy (non-hydrogen) atoms. The van der Waals surface area contributed by atoms with E-state index in [4.69, 9.17) is 4.42 Å². The first-order valence-electron chi connectivity index (χ1n) is 4.69. The number of rotatable bonds is 5. The standard InChI is InChI=1S/C10H17NO2/c1-3-9(12)7-11-8(2)10-5-4-6-13-10/h4-6,8-9,11-12H,3,7H2,1-2H3/t8-,9?/m1/s1. The minimum Gasteiger partial charge on any atom is -0.468 e. The number of aliphatic hydroxyl groups is 1. The molecule has 1 rings (SSSR count). The van der Waals surface area contributed by atoms with Gasteiger partial charge in [0.1, 0.15) is 5.76 Å². The van der Waals surface area contributed by atoms with Gasteiger partial charge < -0.3 is 14.8 Å². The molecule has 1 heterocycles. The van der Waals surface area contributed by atoms with E-state index in [9.17, 15) is 5.11 Å². The molecule has 1 unspecified atom stereocenters. The molecule has 0 aliphatic rings. The highest BCUT2D eigenvalue weighted by molar-refractivity contribution is 5.02. The van der Waals surface area contributed by atoms with Crippen LogP contribution in [0.2, 0.25) is 0 Å². The van der Waals surface area contributed by atoms with Crippen molar-refractivity contribution in [3.05, 3.63) is 24.2 Å². The van der Waals surface area contributed by atoms with Crippen molar-refractivity contribution in [1.29, 1.82) is 0 Å². The molecule has 1 aromatic heterocycles. The van der Waals surface area contributed by atoms with Gasteiger partial charge in [-0.05, 0) is 25.5 Å². The summed E-state index contributed by atoms with van der Waals surface area (Å²) in [6.45, 7) is 4.59. The topological polar surface area (TPSA) is 45.4 Å². The van der Waals surface area contributed by atoms with Gasteiger partial charge in [-0.2, -0.15) is 0 Å². The molecule has 2 N–H and O–H groups in total. The van der Waals surface area contributed by atoms with E-state index in [-0.39, 0.29) is 12.1 Å². The van der Waals surface area contributed by atoms with Crippen LogP contribution in [0.15, 0.2) is 22.8 Å². The Bertz CT molecular complexity index is 221. The van der Waals surface area contributed by atoms with Crippen molar-refractivity contribution >= 4 is 0 Å². The quantitative estimate of drug-likeness (QED) is 0.730. The molecular weight excluding hydrogens is 166 g/mol. The van der Waals surface area contributed by atoms with Gasteiger partial charge in [0, 0.05) is 6.54 Å². The SMILES string of the molecule is CCC(O)CN[C@H](C)c1ccco1. The van der Waals surface area contributed by atoms with Crippen molar-refractivity contribution in [2.45, 2.75) is 32.4 Å². The average Bonchev–Trinajstić information content (AvgIpc) is 2.66. The van der Waals surface area contributed by atoms with Crippen LogP contribution in [0.3, 0.4) is 0 Å². The van der Waals surface area contributed by atoms with Gasteiger partial charge in [-0.15, -0.1) is 0 Å². The van der Waals surface area contributed by atoms with E-state index in [1.165, 1.54) is 0 Å².